The number of benzene rings is 2. The Bertz CT molecular complexity index is 832. The molecule has 2 aromatic carbocycles. The molecule has 0 radical (unpaired) electrons. The van der Waals surface area contributed by atoms with E-state index < -0.39 is 16.0 Å². The summed E-state index contributed by atoms with van der Waals surface area (Å²) in [6.07, 6.45) is 0. The molecule has 0 unspecified atom stereocenters. The molecule has 0 heterocycles. The second-order valence-electron chi connectivity index (χ2n) is 6.68. The van der Waals surface area contributed by atoms with Gasteiger partial charge in [0.05, 0.1) is 17.1 Å². The molecule has 0 saturated heterocycles. The summed E-state index contributed by atoms with van der Waals surface area (Å²) in [6, 6.07) is 12.9. The molecule has 0 atom stereocenters. The average Bonchev–Trinajstić information content (AvgIpc) is 2.55. The number of sulfonamides is 1. The largest absolute Gasteiger partial charge is 0.462 e. The van der Waals surface area contributed by atoms with Gasteiger partial charge >= 0.3 is 5.97 Å². The summed E-state index contributed by atoms with van der Waals surface area (Å²) >= 11 is 0. The molecule has 0 aliphatic rings. The molecule has 0 aliphatic heterocycles. The lowest BCUT2D eigenvalue weighted by molar-refractivity contribution is 0.0526. The van der Waals surface area contributed by atoms with Gasteiger partial charge in [-0.2, -0.15) is 0 Å². The quantitative estimate of drug-likeness (QED) is 0.818. The van der Waals surface area contributed by atoms with E-state index in [9.17, 15) is 13.2 Å². The standard InChI is InChI=1S/C19H23NO4S/c1-5-24-18(21)14-6-10-16(11-7-14)20-25(22,23)17-12-8-15(9-13-17)19(2,3)4/h6-13,20H,5H2,1-4H3. The Morgan fingerprint density at radius 2 is 1.56 bits per heavy atom. The third-order valence-corrected chi connectivity index (χ3v) is 5.08. The van der Waals surface area contributed by atoms with Gasteiger partial charge in [-0.15, -0.1) is 0 Å². The number of carbonyl (C=O) groups is 1. The van der Waals surface area contributed by atoms with E-state index in [0.29, 0.717) is 11.3 Å². The average molecular weight is 361 g/mol. The van der Waals surface area contributed by atoms with Crippen molar-refractivity contribution in [2.75, 3.05) is 11.3 Å². The lowest BCUT2D eigenvalue weighted by atomic mass is 9.87. The molecule has 0 fully saturated rings. The van der Waals surface area contributed by atoms with Gasteiger partial charge in [0.15, 0.2) is 0 Å². The van der Waals surface area contributed by atoms with Gasteiger partial charge in [0.2, 0.25) is 0 Å². The first-order chi connectivity index (χ1) is 11.6. The third-order valence-electron chi connectivity index (χ3n) is 3.68. The van der Waals surface area contributed by atoms with Crippen LogP contribution >= 0.6 is 0 Å². The van der Waals surface area contributed by atoms with E-state index in [4.69, 9.17) is 4.74 Å². The second kappa shape index (κ2) is 7.27. The molecule has 0 bridgehead atoms. The zero-order chi connectivity index (χ0) is 18.7. The molecule has 2 rings (SSSR count). The van der Waals surface area contributed by atoms with E-state index in [0.717, 1.165) is 5.56 Å². The van der Waals surface area contributed by atoms with Crippen molar-refractivity contribution in [3.05, 3.63) is 59.7 Å². The molecule has 0 amide bonds. The normalized spacial score (nSPS) is 11.8. The maximum absolute atomic E-state index is 12.5. The smallest absolute Gasteiger partial charge is 0.338 e. The number of esters is 1. The third kappa shape index (κ3) is 4.82. The van der Waals surface area contributed by atoms with Gasteiger partial charge in [0.25, 0.3) is 10.0 Å². The first kappa shape index (κ1) is 19.0. The summed E-state index contributed by atoms with van der Waals surface area (Å²) in [5.74, 6) is -0.435. The minimum absolute atomic E-state index is 0.0430. The van der Waals surface area contributed by atoms with E-state index in [2.05, 4.69) is 25.5 Å². The van der Waals surface area contributed by atoms with E-state index >= 15 is 0 Å². The van der Waals surface area contributed by atoms with Crippen LogP contribution in [-0.4, -0.2) is 21.0 Å². The van der Waals surface area contributed by atoms with Crippen LogP contribution in [0, 0.1) is 0 Å². The number of anilines is 1. The van der Waals surface area contributed by atoms with Crippen LogP contribution in [0.1, 0.15) is 43.6 Å². The fourth-order valence-electron chi connectivity index (χ4n) is 2.24. The van der Waals surface area contributed by atoms with Crippen LogP contribution in [0.4, 0.5) is 5.69 Å². The minimum atomic E-state index is -3.69. The van der Waals surface area contributed by atoms with Crippen molar-refractivity contribution < 1.29 is 17.9 Å². The molecular formula is C19H23NO4S. The Hall–Kier alpha value is -2.34. The van der Waals surface area contributed by atoms with Crippen molar-refractivity contribution in [2.24, 2.45) is 0 Å². The summed E-state index contributed by atoms with van der Waals surface area (Å²) in [5.41, 5.74) is 1.77. The fourth-order valence-corrected chi connectivity index (χ4v) is 3.30. The monoisotopic (exact) mass is 361 g/mol. The van der Waals surface area contributed by atoms with E-state index in [-0.39, 0.29) is 16.9 Å². The maximum atomic E-state index is 12.5. The van der Waals surface area contributed by atoms with Crippen LogP contribution in [0.5, 0.6) is 0 Å². The number of hydrogen-bond acceptors (Lipinski definition) is 4. The highest BCUT2D eigenvalue weighted by atomic mass is 32.2. The zero-order valence-corrected chi connectivity index (χ0v) is 15.7. The Labute approximate surface area is 149 Å². The molecular weight excluding hydrogens is 338 g/mol. The molecule has 0 aliphatic carbocycles. The zero-order valence-electron chi connectivity index (χ0n) is 14.9. The van der Waals surface area contributed by atoms with Crippen LogP contribution in [0.2, 0.25) is 0 Å². The van der Waals surface area contributed by atoms with Gasteiger partial charge in [-0.1, -0.05) is 32.9 Å². The molecule has 0 spiro atoms. The first-order valence-corrected chi connectivity index (χ1v) is 9.52. The van der Waals surface area contributed by atoms with Crippen LogP contribution in [0.15, 0.2) is 53.4 Å². The van der Waals surface area contributed by atoms with Crippen LogP contribution in [0.3, 0.4) is 0 Å². The molecule has 25 heavy (non-hydrogen) atoms. The minimum Gasteiger partial charge on any atom is -0.462 e. The lowest BCUT2D eigenvalue weighted by Crippen LogP contribution is -2.15. The van der Waals surface area contributed by atoms with Gasteiger partial charge in [0, 0.05) is 5.69 Å². The number of ether oxygens (including phenoxy) is 1. The number of hydrogen-bond donors (Lipinski definition) is 1. The first-order valence-electron chi connectivity index (χ1n) is 8.04. The molecule has 0 saturated carbocycles. The SMILES string of the molecule is CCOC(=O)c1ccc(NS(=O)(=O)c2ccc(C(C)(C)C)cc2)cc1. The number of rotatable bonds is 5. The van der Waals surface area contributed by atoms with Crippen LogP contribution in [0.25, 0.3) is 0 Å². The van der Waals surface area contributed by atoms with E-state index in [1.807, 2.05) is 12.1 Å². The summed E-state index contributed by atoms with van der Waals surface area (Å²) in [4.78, 5) is 11.8. The molecule has 5 nitrogen and oxygen atoms in total. The Kier molecular flexibility index (Phi) is 5.52. The van der Waals surface area contributed by atoms with Crippen molar-refractivity contribution in [1.29, 1.82) is 0 Å². The van der Waals surface area contributed by atoms with Crippen molar-refractivity contribution in [2.45, 2.75) is 38.0 Å². The molecule has 1 N–H and O–H groups in total. The van der Waals surface area contributed by atoms with Gasteiger partial charge in [-0.05, 0) is 54.3 Å². The topological polar surface area (TPSA) is 72.5 Å². The summed E-state index contributed by atoms with van der Waals surface area (Å²) in [6.45, 7) is 8.22. The molecule has 134 valence electrons. The van der Waals surface area contributed by atoms with Crippen LogP contribution < -0.4 is 4.72 Å². The van der Waals surface area contributed by atoms with Crippen molar-refractivity contribution in [1.82, 2.24) is 0 Å². The van der Waals surface area contributed by atoms with Crippen molar-refractivity contribution in [3.8, 4) is 0 Å². The summed E-state index contributed by atoms with van der Waals surface area (Å²) in [7, 11) is -3.69. The summed E-state index contributed by atoms with van der Waals surface area (Å²) in [5, 5.41) is 0. The molecule has 6 heteroatoms. The van der Waals surface area contributed by atoms with Gasteiger partial charge < -0.3 is 4.74 Å². The second-order valence-corrected chi connectivity index (χ2v) is 8.36. The predicted molar refractivity (Wildman–Crippen MR) is 98.3 cm³/mol. The highest BCUT2D eigenvalue weighted by Crippen LogP contribution is 2.24. The highest BCUT2D eigenvalue weighted by molar-refractivity contribution is 7.92. The maximum Gasteiger partial charge on any atom is 0.338 e. The van der Waals surface area contributed by atoms with Gasteiger partial charge in [-0.25, -0.2) is 13.2 Å². The predicted octanol–water partition coefficient (Wildman–Crippen LogP) is 3.96. The lowest BCUT2D eigenvalue weighted by Gasteiger charge is -2.19. The van der Waals surface area contributed by atoms with E-state index in [1.54, 1.807) is 19.1 Å². The Morgan fingerprint density at radius 1 is 1.00 bits per heavy atom. The molecule has 0 aromatic heterocycles. The fraction of sp³-hybridized carbons (Fsp3) is 0.316. The Morgan fingerprint density at radius 3 is 2.04 bits per heavy atom. The van der Waals surface area contributed by atoms with E-state index in [1.165, 1.54) is 24.3 Å². The van der Waals surface area contributed by atoms with Crippen molar-refractivity contribution >= 4 is 21.7 Å². The Balaban J connectivity index is 2.17. The molecule has 2 aromatic rings. The van der Waals surface area contributed by atoms with Gasteiger partial charge in [-0.3, -0.25) is 4.72 Å². The number of carbonyl (C=O) groups excluding carboxylic acids is 1. The summed E-state index contributed by atoms with van der Waals surface area (Å²) < 4.78 is 32.4. The highest BCUT2D eigenvalue weighted by Gasteiger charge is 2.18. The van der Waals surface area contributed by atoms with Crippen molar-refractivity contribution in [3.63, 3.8) is 0 Å². The number of nitrogens with one attached hydrogen (secondary N) is 1. The van der Waals surface area contributed by atoms with Gasteiger partial charge in [0.1, 0.15) is 0 Å². The van der Waals surface area contributed by atoms with Crippen LogP contribution in [-0.2, 0) is 20.2 Å².